The van der Waals surface area contributed by atoms with Crippen LogP contribution in [0, 0.1) is 12.8 Å². The Balaban J connectivity index is 1.98. The molecule has 0 aliphatic carbocycles. The molecule has 2 unspecified atom stereocenters. The van der Waals surface area contributed by atoms with Gasteiger partial charge >= 0.3 is 0 Å². The molecule has 82 valence electrons. The zero-order valence-electron chi connectivity index (χ0n) is 9.41. The van der Waals surface area contributed by atoms with E-state index in [1.54, 1.807) is 0 Å². The van der Waals surface area contributed by atoms with Crippen molar-refractivity contribution in [2.45, 2.75) is 25.2 Å². The number of alkyl halides is 1. The summed E-state index contributed by atoms with van der Waals surface area (Å²) < 4.78 is 0. The first kappa shape index (κ1) is 11.2. The van der Waals surface area contributed by atoms with E-state index in [1.165, 1.54) is 24.2 Å². The molecule has 0 aromatic heterocycles. The first-order valence-corrected chi connectivity index (χ1v) is 6.48. The molecule has 0 N–H and O–H groups in total. The van der Waals surface area contributed by atoms with Crippen LogP contribution in [-0.2, 0) is 6.54 Å². The summed E-state index contributed by atoms with van der Waals surface area (Å²) in [5.74, 6) is 0.773. The Morgan fingerprint density at radius 1 is 1.40 bits per heavy atom. The maximum absolute atomic E-state index is 3.73. The quantitative estimate of drug-likeness (QED) is 0.744. The van der Waals surface area contributed by atoms with Gasteiger partial charge in [0.05, 0.1) is 0 Å². The van der Waals surface area contributed by atoms with Gasteiger partial charge in [-0.25, -0.2) is 0 Å². The van der Waals surface area contributed by atoms with E-state index in [2.05, 4.69) is 58.9 Å². The number of hydrogen-bond acceptors (Lipinski definition) is 1. The molecule has 0 bridgehead atoms. The van der Waals surface area contributed by atoms with Crippen LogP contribution < -0.4 is 0 Å². The van der Waals surface area contributed by atoms with Gasteiger partial charge in [-0.15, -0.1) is 0 Å². The third-order valence-electron chi connectivity index (χ3n) is 3.08. The highest BCUT2D eigenvalue weighted by Crippen LogP contribution is 2.24. The van der Waals surface area contributed by atoms with Crippen molar-refractivity contribution in [2.24, 2.45) is 5.92 Å². The minimum atomic E-state index is 0.669. The lowest BCUT2D eigenvalue weighted by molar-refractivity contribution is 0.320. The predicted octanol–water partition coefficient (Wildman–Crippen LogP) is 3.21. The number of likely N-dealkylation sites (tertiary alicyclic amines) is 1. The van der Waals surface area contributed by atoms with Crippen molar-refractivity contribution < 1.29 is 0 Å². The second kappa shape index (κ2) is 4.67. The van der Waals surface area contributed by atoms with Gasteiger partial charge < -0.3 is 0 Å². The molecule has 0 spiro atoms. The van der Waals surface area contributed by atoms with E-state index in [0.29, 0.717) is 4.83 Å². The first-order valence-electron chi connectivity index (χ1n) is 5.57. The molecule has 0 radical (unpaired) electrons. The third kappa shape index (κ3) is 2.82. The molecule has 1 heterocycles. The number of benzene rings is 1. The molecule has 1 aromatic rings. The minimum absolute atomic E-state index is 0.669. The van der Waals surface area contributed by atoms with Crippen LogP contribution in [0.4, 0.5) is 0 Å². The average Bonchev–Trinajstić information content (AvgIpc) is 2.45. The first-order chi connectivity index (χ1) is 7.15. The van der Waals surface area contributed by atoms with Crippen LogP contribution in [0.3, 0.4) is 0 Å². The highest BCUT2D eigenvalue weighted by molar-refractivity contribution is 9.09. The molecule has 2 rings (SSSR count). The lowest BCUT2D eigenvalue weighted by atomic mass is 10.1. The molecule has 0 saturated carbocycles. The van der Waals surface area contributed by atoms with E-state index in [-0.39, 0.29) is 0 Å². The lowest BCUT2D eigenvalue weighted by Gasteiger charge is -2.15. The monoisotopic (exact) mass is 267 g/mol. The van der Waals surface area contributed by atoms with Crippen molar-refractivity contribution in [3.05, 3.63) is 35.4 Å². The van der Waals surface area contributed by atoms with Crippen molar-refractivity contribution in [1.82, 2.24) is 4.90 Å². The Labute approximate surface area is 101 Å². The van der Waals surface area contributed by atoms with Gasteiger partial charge in [0.1, 0.15) is 0 Å². The van der Waals surface area contributed by atoms with E-state index in [0.717, 1.165) is 12.5 Å². The van der Waals surface area contributed by atoms with Gasteiger partial charge in [0.15, 0.2) is 0 Å². The van der Waals surface area contributed by atoms with Crippen molar-refractivity contribution in [3.8, 4) is 0 Å². The number of hydrogen-bond donors (Lipinski definition) is 0. The van der Waals surface area contributed by atoms with Crippen LogP contribution in [0.2, 0.25) is 0 Å². The molecule has 2 heteroatoms. The third-order valence-corrected chi connectivity index (χ3v) is 4.28. The summed E-state index contributed by atoms with van der Waals surface area (Å²) >= 11 is 3.73. The smallest absolute Gasteiger partial charge is 0.0311 e. The standard InChI is InChI=1S/C13H18BrN/c1-10-4-3-5-12(6-10)8-15-7-11(2)13(14)9-15/h3-6,11,13H,7-9H2,1-2H3. The van der Waals surface area contributed by atoms with Crippen LogP contribution in [-0.4, -0.2) is 22.8 Å². The van der Waals surface area contributed by atoms with Gasteiger partial charge in [-0.1, -0.05) is 52.7 Å². The van der Waals surface area contributed by atoms with Crippen molar-refractivity contribution in [3.63, 3.8) is 0 Å². The molecule has 15 heavy (non-hydrogen) atoms. The fraction of sp³-hybridized carbons (Fsp3) is 0.538. The van der Waals surface area contributed by atoms with Gasteiger partial charge in [0.2, 0.25) is 0 Å². The second-order valence-corrected chi connectivity index (χ2v) is 5.85. The fourth-order valence-electron chi connectivity index (χ4n) is 2.22. The van der Waals surface area contributed by atoms with Gasteiger partial charge in [0, 0.05) is 24.5 Å². The number of halogens is 1. The van der Waals surface area contributed by atoms with E-state index >= 15 is 0 Å². The van der Waals surface area contributed by atoms with Crippen LogP contribution in [0.5, 0.6) is 0 Å². The predicted molar refractivity (Wildman–Crippen MR) is 68.3 cm³/mol. The van der Waals surface area contributed by atoms with Crippen molar-refractivity contribution in [1.29, 1.82) is 0 Å². The van der Waals surface area contributed by atoms with E-state index < -0.39 is 0 Å². The SMILES string of the molecule is Cc1cccc(CN2CC(C)C(Br)C2)c1. The summed E-state index contributed by atoms with van der Waals surface area (Å²) in [6.45, 7) is 7.95. The second-order valence-electron chi connectivity index (χ2n) is 4.68. The highest BCUT2D eigenvalue weighted by Gasteiger charge is 2.26. The molecular formula is C13H18BrN. The zero-order valence-corrected chi connectivity index (χ0v) is 11.0. The Morgan fingerprint density at radius 3 is 2.80 bits per heavy atom. The van der Waals surface area contributed by atoms with Crippen LogP contribution in [0.1, 0.15) is 18.1 Å². The van der Waals surface area contributed by atoms with Crippen LogP contribution in [0.15, 0.2) is 24.3 Å². The van der Waals surface area contributed by atoms with Crippen LogP contribution in [0.25, 0.3) is 0 Å². The highest BCUT2D eigenvalue weighted by atomic mass is 79.9. The summed E-state index contributed by atoms with van der Waals surface area (Å²) in [5.41, 5.74) is 2.79. The van der Waals surface area contributed by atoms with E-state index in [4.69, 9.17) is 0 Å². The van der Waals surface area contributed by atoms with Crippen LogP contribution >= 0.6 is 15.9 Å². The van der Waals surface area contributed by atoms with E-state index in [1.807, 2.05) is 0 Å². The minimum Gasteiger partial charge on any atom is -0.298 e. The molecule has 1 aliphatic heterocycles. The molecule has 1 aliphatic rings. The summed E-state index contributed by atoms with van der Waals surface area (Å²) in [5, 5.41) is 0. The van der Waals surface area contributed by atoms with Gasteiger partial charge in [-0.3, -0.25) is 4.90 Å². The average molecular weight is 268 g/mol. The number of nitrogens with zero attached hydrogens (tertiary/aromatic N) is 1. The Morgan fingerprint density at radius 2 is 2.20 bits per heavy atom. The molecule has 0 amide bonds. The fourth-order valence-corrected chi connectivity index (χ4v) is 2.80. The number of rotatable bonds is 2. The van der Waals surface area contributed by atoms with E-state index in [9.17, 15) is 0 Å². The Kier molecular flexibility index (Phi) is 3.47. The number of aryl methyl sites for hydroxylation is 1. The maximum Gasteiger partial charge on any atom is 0.0311 e. The Hall–Kier alpha value is -0.340. The molecule has 2 atom stereocenters. The molecule has 1 nitrogen and oxygen atoms in total. The maximum atomic E-state index is 3.73. The van der Waals surface area contributed by atoms with Crippen molar-refractivity contribution >= 4 is 15.9 Å². The zero-order chi connectivity index (χ0) is 10.8. The summed E-state index contributed by atoms with van der Waals surface area (Å²) in [7, 11) is 0. The van der Waals surface area contributed by atoms with Gasteiger partial charge in [-0.05, 0) is 18.4 Å². The molecule has 1 aromatic carbocycles. The summed E-state index contributed by atoms with van der Waals surface area (Å²) in [6, 6.07) is 8.81. The molecule has 1 fully saturated rings. The molecular weight excluding hydrogens is 250 g/mol. The van der Waals surface area contributed by atoms with Gasteiger partial charge in [-0.2, -0.15) is 0 Å². The molecule has 1 saturated heterocycles. The largest absolute Gasteiger partial charge is 0.298 e. The Bertz CT molecular complexity index is 327. The van der Waals surface area contributed by atoms with Crippen molar-refractivity contribution in [2.75, 3.05) is 13.1 Å². The summed E-state index contributed by atoms with van der Waals surface area (Å²) in [6.07, 6.45) is 0. The summed E-state index contributed by atoms with van der Waals surface area (Å²) in [4.78, 5) is 3.20. The van der Waals surface area contributed by atoms with Gasteiger partial charge in [0.25, 0.3) is 0 Å². The lowest BCUT2D eigenvalue weighted by Crippen LogP contribution is -2.20. The topological polar surface area (TPSA) is 3.24 Å². The normalized spacial score (nSPS) is 27.1.